The SMILES string of the molecule is COc1cc(NC(=O)C(C)(C)c2c[nH]c3ccc(F)cc23)cc(OC)c1OC. The fourth-order valence-electron chi connectivity index (χ4n) is 3.17. The maximum absolute atomic E-state index is 13.7. The van der Waals surface area contributed by atoms with Crippen molar-refractivity contribution in [2.24, 2.45) is 0 Å². The van der Waals surface area contributed by atoms with Gasteiger partial charge < -0.3 is 24.5 Å². The molecule has 0 unspecified atom stereocenters. The van der Waals surface area contributed by atoms with Crippen LogP contribution in [-0.2, 0) is 10.2 Å². The lowest BCUT2D eigenvalue weighted by atomic mass is 9.83. The van der Waals surface area contributed by atoms with Gasteiger partial charge in [0.1, 0.15) is 5.82 Å². The van der Waals surface area contributed by atoms with Crippen molar-refractivity contribution in [2.45, 2.75) is 19.3 Å². The molecule has 1 aromatic heterocycles. The molecule has 0 aliphatic heterocycles. The molecule has 3 rings (SSSR count). The summed E-state index contributed by atoms with van der Waals surface area (Å²) < 4.78 is 29.7. The number of nitrogens with one attached hydrogen (secondary N) is 2. The van der Waals surface area contributed by atoms with Gasteiger partial charge in [-0.25, -0.2) is 4.39 Å². The van der Waals surface area contributed by atoms with E-state index in [0.717, 1.165) is 5.52 Å². The van der Waals surface area contributed by atoms with Gasteiger partial charge in [-0.2, -0.15) is 0 Å². The lowest BCUT2D eigenvalue weighted by Gasteiger charge is -2.24. The highest BCUT2D eigenvalue weighted by atomic mass is 19.1. The highest BCUT2D eigenvalue weighted by molar-refractivity contribution is 6.02. The zero-order valence-electron chi connectivity index (χ0n) is 16.5. The zero-order valence-corrected chi connectivity index (χ0v) is 16.5. The van der Waals surface area contributed by atoms with E-state index in [-0.39, 0.29) is 11.7 Å². The Bertz CT molecular complexity index is 1000. The number of carbonyl (C=O) groups excluding carboxylic acids is 1. The third kappa shape index (κ3) is 3.35. The van der Waals surface area contributed by atoms with Gasteiger partial charge in [0.15, 0.2) is 11.5 Å². The molecular formula is C21H23FN2O4. The number of halogens is 1. The number of fused-ring (bicyclic) bond motifs is 1. The first-order chi connectivity index (χ1) is 13.3. The molecule has 6 nitrogen and oxygen atoms in total. The van der Waals surface area contributed by atoms with Crippen molar-refractivity contribution in [1.82, 2.24) is 4.98 Å². The Morgan fingerprint density at radius 2 is 1.68 bits per heavy atom. The smallest absolute Gasteiger partial charge is 0.234 e. The molecule has 2 aromatic carbocycles. The molecule has 7 heteroatoms. The fraction of sp³-hybridized carbons (Fsp3) is 0.286. The summed E-state index contributed by atoms with van der Waals surface area (Å²) in [5.74, 6) is 0.698. The van der Waals surface area contributed by atoms with E-state index < -0.39 is 5.41 Å². The summed E-state index contributed by atoms with van der Waals surface area (Å²) >= 11 is 0. The Hall–Kier alpha value is -3.22. The van der Waals surface area contributed by atoms with Crippen LogP contribution in [0.1, 0.15) is 19.4 Å². The van der Waals surface area contributed by atoms with E-state index in [0.29, 0.717) is 33.9 Å². The molecule has 0 spiro atoms. The van der Waals surface area contributed by atoms with E-state index in [4.69, 9.17) is 14.2 Å². The maximum Gasteiger partial charge on any atom is 0.234 e. The standard InChI is InChI=1S/C21H23FN2O4/c1-21(2,15-11-23-16-7-6-12(22)8-14(15)16)20(25)24-13-9-17(26-3)19(28-5)18(10-13)27-4/h6-11,23H,1-5H3,(H,24,25). The van der Waals surface area contributed by atoms with Crippen LogP contribution in [0.2, 0.25) is 0 Å². The summed E-state index contributed by atoms with van der Waals surface area (Å²) in [6.45, 7) is 3.57. The fourth-order valence-corrected chi connectivity index (χ4v) is 3.17. The number of methoxy groups -OCH3 is 3. The molecule has 0 aliphatic carbocycles. The largest absolute Gasteiger partial charge is 0.493 e. The average molecular weight is 386 g/mol. The number of amides is 1. The van der Waals surface area contributed by atoms with Gasteiger partial charge in [-0.05, 0) is 37.6 Å². The third-order valence-electron chi connectivity index (χ3n) is 4.81. The molecule has 0 saturated carbocycles. The predicted octanol–water partition coefficient (Wildman–Crippen LogP) is 4.25. The van der Waals surface area contributed by atoms with Crippen molar-refractivity contribution in [2.75, 3.05) is 26.6 Å². The van der Waals surface area contributed by atoms with Gasteiger partial charge in [-0.15, -0.1) is 0 Å². The van der Waals surface area contributed by atoms with Gasteiger partial charge in [0.2, 0.25) is 11.7 Å². The van der Waals surface area contributed by atoms with Crippen LogP contribution in [0.3, 0.4) is 0 Å². The van der Waals surface area contributed by atoms with Crippen molar-refractivity contribution in [1.29, 1.82) is 0 Å². The van der Waals surface area contributed by atoms with Crippen molar-refractivity contribution < 1.29 is 23.4 Å². The van der Waals surface area contributed by atoms with Gasteiger partial charge in [0.25, 0.3) is 0 Å². The van der Waals surface area contributed by atoms with Crippen molar-refractivity contribution >= 4 is 22.5 Å². The van der Waals surface area contributed by atoms with Gasteiger partial charge in [0.05, 0.1) is 26.7 Å². The molecule has 0 aliphatic rings. The Kier molecular flexibility index (Phi) is 5.18. The second kappa shape index (κ2) is 7.42. The number of hydrogen-bond donors (Lipinski definition) is 2. The minimum Gasteiger partial charge on any atom is -0.493 e. The first-order valence-electron chi connectivity index (χ1n) is 8.70. The lowest BCUT2D eigenvalue weighted by Crippen LogP contribution is -2.34. The van der Waals surface area contributed by atoms with Gasteiger partial charge >= 0.3 is 0 Å². The van der Waals surface area contributed by atoms with E-state index in [9.17, 15) is 9.18 Å². The molecule has 2 N–H and O–H groups in total. The average Bonchev–Trinajstić information content (AvgIpc) is 3.10. The van der Waals surface area contributed by atoms with Gasteiger partial charge in [-0.3, -0.25) is 4.79 Å². The first kappa shape index (κ1) is 19.5. The molecule has 0 radical (unpaired) electrons. The second-order valence-electron chi connectivity index (χ2n) is 6.89. The molecule has 3 aromatic rings. The number of ether oxygens (including phenoxy) is 3. The third-order valence-corrected chi connectivity index (χ3v) is 4.81. The van der Waals surface area contributed by atoms with Crippen molar-refractivity contribution in [3.63, 3.8) is 0 Å². The van der Waals surface area contributed by atoms with Crippen LogP contribution in [0.25, 0.3) is 10.9 Å². The molecule has 1 heterocycles. The van der Waals surface area contributed by atoms with Gasteiger partial charge in [-0.1, -0.05) is 0 Å². The van der Waals surface area contributed by atoms with Crippen LogP contribution in [0.4, 0.5) is 10.1 Å². The number of H-pyrrole nitrogens is 1. The van der Waals surface area contributed by atoms with Crippen LogP contribution >= 0.6 is 0 Å². The number of rotatable bonds is 6. The summed E-state index contributed by atoms with van der Waals surface area (Å²) in [6, 6.07) is 7.77. The molecule has 28 heavy (non-hydrogen) atoms. The Labute approximate surface area is 162 Å². The maximum atomic E-state index is 13.7. The van der Waals surface area contributed by atoms with Crippen molar-refractivity contribution in [3.05, 3.63) is 47.9 Å². The predicted molar refractivity (Wildman–Crippen MR) is 106 cm³/mol. The molecular weight excluding hydrogens is 363 g/mol. The van der Waals surface area contributed by atoms with E-state index in [1.165, 1.54) is 33.5 Å². The van der Waals surface area contributed by atoms with E-state index in [1.54, 1.807) is 38.2 Å². The number of anilines is 1. The first-order valence-corrected chi connectivity index (χ1v) is 8.70. The van der Waals surface area contributed by atoms with Crippen LogP contribution in [0.5, 0.6) is 17.2 Å². The lowest BCUT2D eigenvalue weighted by molar-refractivity contribution is -0.120. The Balaban J connectivity index is 1.96. The second-order valence-corrected chi connectivity index (χ2v) is 6.89. The molecule has 0 saturated heterocycles. The number of hydrogen-bond acceptors (Lipinski definition) is 4. The topological polar surface area (TPSA) is 72.6 Å². The minimum absolute atomic E-state index is 0.257. The summed E-state index contributed by atoms with van der Waals surface area (Å²) in [6.07, 6.45) is 1.73. The molecule has 0 fully saturated rings. The minimum atomic E-state index is -0.924. The quantitative estimate of drug-likeness (QED) is 0.664. The Morgan fingerprint density at radius 1 is 1.04 bits per heavy atom. The van der Waals surface area contributed by atoms with Crippen LogP contribution in [0.15, 0.2) is 36.5 Å². The molecule has 1 amide bonds. The van der Waals surface area contributed by atoms with Crippen LogP contribution in [-0.4, -0.2) is 32.2 Å². The van der Waals surface area contributed by atoms with E-state index in [2.05, 4.69) is 10.3 Å². The number of aromatic nitrogens is 1. The molecule has 148 valence electrons. The molecule has 0 bridgehead atoms. The summed E-state index contributed by atoms with van der Waals surface area (Å²) in [4.78, 5) is 16.2. The highest BCUT2D eigenvalue weighted by Gasteiger charge is 2.33. The monoisotopic (exact) mass is 386 g/mol. The van der Waals surface area contributed by atoms with E-state index in [1.807, 2.05) is 0 Å². The number of aromatic amines is 1. The highest BCUT2D eigenvalue weighted by Crippen LogP contribution is 2.40. The van der Waals surface area contributed by atoms with Gasteiger partial charge in [0, 0.05) is 34.9 Å². The molecule has 0 atom stereocenters. The number of benzene rings is 2. The zero-order chi connectivity index (χ0) is 20.5. The summed E-state index contributed by atoms with van der Waals surface area (Å²) in [5.41, 5.74) is 1.04. The van der Waals surface area contributed by atoms with Crippen molar-refractivity contribution in [3.8, 4) is 17.2 Å². The summed E-state index contributed by atoms with van der Waals surface area (Å²) in [5, 5.41) is 3.56. The number of carbonyl (C=O) groups is 1. The normalized spacial score (nSPS) is 11.4. The van der Waals surface area contributed by atoms with Crippen LogP contribution < -0.4 is 19.5 Å². The van der Waals surface area contributed by atoms with Crippen LogP contribution in [0, 0.1) is 5.82 Å². The summed E-state index contributed by atoms with van der Waals surface area (Å²) in [7, 11) is 4.53. The van der Waals surface area contributed by atoms with E-state index >= 15 is 0 Å². The Morgan fingerprint density at radius 3 is 2.25 bits per heavy atom.